The van der Waals surface area contributed by atoms with E-state index in [1.807, 2.05) is 54.6 Å². The van der Waals surface area contributed by atoms with Crippen molar-refractivity contribution in [3.05, 3.63) is 70.2 Å². The first-order valence-electron chi connectivity index (χ1n) is 5.17. The summed E-state index contributed by atoms with van der Waals surface area (Å²) in [5, 5.41) is 0. The molecule has 2 aromatic rings. The molecule has 0 bridgehead atoms. The van der Waals surface area contributed by atoms with Gasteiger partial charge in [0.25, 0.3) is 0 Å². The van der Waals surface area contributed by atoms with Gasteiger partial charge in [-0.05, 0) is 17.7 Å². The molecule has 0 saturated heterocycles. The van der Waals surface area contributed by atoms with Crippen LogP contribution < -0.4 is 0 Å². The number of rotatable bonds is 3. The van der Waals surface area contributed by atoms with E-state index in [0.717, 1.165) is 10.0 Å². The number of carbonyl (C=O) groups excluding carboxylic acids is 1. The van der Waals surface area contributed by atoms with Gasteiger partial charge < -0.3 is 0 Å². The molecule has 2 aromatic carbocycles. The highest BCUT2D eigenvalue weighted by Gasteiger charge is 2.18. The maximum absolute atomic E-state index is 12.2. The molecule has 0 aliphatic carbocycles. The molecule has 0 fully saturated rings. The van der Waals surface area contributed by atoms with Crippen molar-refractivity contribution < 1.29 is 4.79 Å². The highest BCUT2D eigenvalue weighted by molar-refractivity contribution is 9.10. The molecule has 0 N–H and O–H groups in total. The maximum atomic E-state index is 12.2. The second-order valence-corrected chi connectivity index (χ2v) is 5.48. The van der Waals surface area contributed by atoms with E-state index in [1.165, 1.54) is 0 Å². The minimum Gasteiger partial charge on any atom is -0.293 e. The molecular formula is C14H10Br2O. The van der Waals surface area contributed by atoms with Gasteiger partial charge in [-0.25, -0.2) is 0 Å². The summed E-state index contributed by atoms with van der Waals surface area (Å²) in [7, 11) is 0. The number of ketones is 1. The average Bonchev–Trinajstić information content (AvgIpc) is 2.39. The Hall–Kier alpha value is -0.930. The molecule has 17 heavy (non-hydrogen) atoms. The number of hydrogen-bond acceptors (Lipinski definition) is 1. The van der Waals surface area contributed by atoms with Gasteiger partial charge >= 0.3 is 0 Å². The predicted octanol–water partition coefficient (Wildman–Crippen LogP) is 4.77. The fourth-order valence-electron chi connectivity index (χ4n) is 1.53. The van der Waals surface area contributed by atoms with Gasteiger partial charge in [0, 0.05) is 10.0 Å². The lowest BCUT2D eigenvalue weighted by molar-refractivity contribution is 0.0991. The minimum atomic E-state index is -0.287. The summed E-state index contributed by atoms with van der Waals surface area (Å²) in [5.41, 5.74) is 1.68. The van der Waals surface area contributed by atoms with Crippen LogP contribution in [-0.2, 0) is 0 Å². The van der Waals surface area contributed by atoms with Crippen molar-refractivity contribution in [2.75, 3.05) is 0 Å². The van der Waals surface area contributed by atoms with Gasteiger partial charge in [-0.3, -0.25) is 4.79 Å². The fourth-order valence-corrected chi connectivity index (χ4v) is 2.37. The summed E-state index contributed by atoms with van der Waals surface area (Å²) < 4.78 is 0.972. The molecule has 86 valence electrons. The van der Waals surface area contributed by atoms with Gasteiger partial charge in [-0.1, -0.05) is 74.3 Å². The zero-order valence-electron chi connectivity index (χ0n) is 8.94. The Balaban J connectivity index is 2.23. The lowest BCUT2D eigenvalue weighted by atomic mass is 10.0. The largest absolute Gasteiger partial charge is 0.293 e. The Morgan fingerprint density at radius 3 is 2.12 bits per heavy atom. The first-order chi connectivity index (χ1) is 8.18. The smallest absolute Gasteiger partial charge is 0.180 e. The van der Waals surface area contributed by atoms with E-state index in [1.54, 1.807) is 0 Å². The summed E-state index contributed by atoms with van der Waals surface area (Å²) >= 11 is 6.80. The Labute approximate surface area is 117 Å². The molecule has 0 unspecified atom stereocenters. The molecular weight excluding hydrogens is 344 g/mol. The van der Waals surface area contributed by atoms with Crippen molar-refractivity contribution in [1.82, 2.24) is 0 Å². The van der Waals surface area contributed by atoms with Crippen molar-refractivity contribution in [1.29, 1.82) is 0 Å². The van der Waals surface area contributed by atoms with Crippen LogP contribution in [-0.4, -0.2) is 5.78 Å². The third-order valence-electron chi connectivity index (χ3n) is 2.45. The van der Waals surface area contributed by atoms with E-state index >= 15 is 0 Å². The van der Waals surface area contributed by atoms with Gasteiger partial charge in [0.15, 0.2) is 5.78 Å². The monoisotopic (exact) mass is 352 g/mol. The molecule has 0 saturated carbocycles. The summed E-state index contributed by atoms with van der Waals surface area (Å²) in [6.45, 7) is 0. The summed E-state index contributed by atoms with van der Waals surface area (Å²) in [6.07, 6.45) is 0. The number of Topliss-reactive ketones (excluding diaryl/α,β-unsaturated/α-hetero) is 1. The van der Waals surface area contributed by atoms with Crippen molar-refractivity contribution in [3.63, 3.8) is 0 Å². The highest BCUT2D eigenvalue weighted by atomic mass is 79.9. The lowest BCUT2D eigenvalue weighted by Gasteiger charge is -2.09. The van der Waals surface area contributed by atoms with E-state index in [4.69, 9.17) is 0 Å². The van der Waals surface area contributed by atoms with Crippen LogP contribution in [0.5, 0.6) is 0 Å². The van der Waals surface area contributed by atoms with Crippen molar-refractivity contribution in [3.8, 4) is 0 Å². The Kier molecular flexibility index (Phi) is 4.13. The SMILES string of the molecule is O=C(c1ccc(Br)cc1)[C@@H](Br)c1ccccc1. The molecule has 3 heteroatoms. The zero-order chi connectivity index (χ0) is 12.3. The number of carbonyl (C=O) groups is 1. The fraction of sp³-hybridized carbons (Fsp3) is 0.0714. The molecule has 0 aliphatic heterocycles. The summed E-state index contributed by atoms with van der Waals surface area (Å²) in [5.74, 6) is 0.0729. The van der Waals surface area contributed by atoms with E-state index in [0.29, 0.717) is 5.56 Å². The third kappa shape index (κ3) is 3.05. The average molecular weight is 354 g/mol. The van der Waals surface area contributed by atoms with Crippen LogP contribution >= 0.6 is 31.9 Å². The van der Waals surface area contributed by atoms with Crippen LogP contribution in [0.3, 0.4) is 0 Å². The molecule has 0 heterocycles. The second kappa shape index (κ2) is 5.61. The number of alkyl halides is 1. The predicted molar refractivity (Wildman–Crippen MR) is 76.6 cm³/mol. The van der Waals surface area contributed by atoms with Gasteiger partial charge in [-0.2, -0.15) is 0 Å². The first-order valence-corrected chi connectivity index (χ1v) is 6.88. The van der Waals surface area contributed by atoms with Gasteiger partial charge in [-0.15, -0.1) is 0 Å². The standard InChI is InChI=1S/C14H10Br2O/c15-12-8-6-11(7-9-12)14(17)13(16)10-4-2-1-3-5-10/h1-9,13H/t13-/m0/s1. The lowest BCUT2D eigenvalue weighted by Crippen LogP contribution is -2.06. The van der Waals surface area contributed by atoms with Gasteiger partial charge in [0.2, 0.25) is 0 Å². The van der Waals surface area contributed by atoms with Gasteiger partial charge in [0.05, 0.1) is 0 Å². The van der Waals surface area contributed by atoms with Crippen LogP contribution in [0.2, 0.25) is 0 Å². The summed E-state index contributed by atoms with van der Waals surface area (Å²) in [6, 6.07) is 17.1. The van der Waals surface area contributed by atoms with E-state index in [9.17, 15) is 4.79 Å². The molecule has 0 spiro atoms. The highest BCUT2D eigenvalue weighted by Crippen LogP contribution is 2.27. The molecule has 1 atom stereocenters. The molecule has 2 rings (SSSR count). The summed E-state index contributed by atoms with van der Waals surface area (Å²) in [4.78, 5) is 11.9. The minimum absolute atomic E-state index is 0.0729. The quantitative estimate of drug-likeness (QED) is 0.573. The van der Waals surface area contributed by atoms with E-state index < -0.39 is 0 Å². The Bertz CT molecular complexity index is 506. The number of benzene rings is 2. The van der Waals surface area contributed by atoms with Gasteiger partial charge in [0.1, 0.15) is 4.83 Å². The third-order valence-corrected chi connectivity index (χ3v) is 3.92. The molecule has 0 aromatic heterocycles. The second-order valence-electron chi connectivity index (χ2n) is 3.64. The Morgan fingerprint density at radius 1 is 0.941 bits per heavy atom. The van der Waals surface area contributed by atoms with Crippen LogP contribution in [0.25, 0.3) is 0 Å². The van der Waals surface area contributed by atoms with Crippen molar-refractivity contribution >= 4 is 37.6 Å². The van der Waals surface area contributed by atoms with E-state index in [2.05, 4.69) is 31.9 Å². The Morgan fingerprint density at radius 2 is 1.53 bits per heavy atom. The molecule has 1 nitrogen and oxygen atoms in total. The van der Waals surface area contributed by atoms with Crippen molar-refractivity contribution in [2.45, 2.75) is 4.83 Å². The first kappa shape index (κ1) is 12.5. The topological polar surface area (TPSA) is 17.1 Å². The maximum Gasteiger partial charge on any atom is 0.180 e. The zero-order valence-corrected chi connectivity index (χ0v) is 12.1. The van der Waals surface area contributed by atoms with Crippen LogP contribution in [0.4, 0.5) is 0 Å². The van der Waals surface area contributed by atoms with Crippen LogP contribution in [0, 0.1) is 0 Å². The van der Waals surface area contributed by atoms with Crippen LogP contribution in [0.15, 0.2) is 59.1 Å². The van der Waals surface area contributed by atoms with E-state index in [-0.39, 0.29) is 10.6 Å². The normalized spacial score (nSPS) is 12.1. The molecule has 0 aliphatic rings. The number of hydrogen-bond donors (Lipinski definition) is 0. The van der Waals surface area contributed by atoms with Crippen LogP contribution in [0.1, 0.15) is 20.7 Å². The van der Waals surface area contributed by atoms with Crippen molar-refractivity contribution in [2.24, 2.45) is 0 Å². The molecule has 0 radical (unpaired) electrons. The number of halogens is 2. The molecule has 0 amide bonds.